The lowest BCUT2D eigenvalue weighted by atomic mass is 10.1. The highest BCUT2D eigenvalue weighted by Crippen LogP contribution is 2.27. The molecule has 2 aromatic heterocycles. The van der Waals surface area contributed by atoms with E-state index in [1.165, 1.54) is 0 Å². The molecule has 0 aliphatic heterocycles. The highest BCUT2D eigenvalue weighted by molar-refractivity contribution is 5.93. The molecule has 0 fully saturated rings. The normalized spacial score (nSPS) is 10.6. The van der Waals surface area contributed by atoms with Crippen LogP contribution >= 0.6 is 0 Å². The molecule has 0 unspecified atom stereocenters. The molecule has 6 nitrogen and oxygen atoms in total. The van der Waals surface area contributed by atoms with Crippen molar-refractivity contribution in [1.82, 2.24) is 15.0 Å². The van der Waals surface area contributed by atoms with Crippen LogP contribution in [0.3, 0.4) is 0 Å². The maximum atomic E-state index is 5.49. The summed E-state index contributed by atoms with van der Waals surface area (Å²) in [6.07, 6.45) is 1.78. The first-order chi connectivity index (χ1) is 10.2. The zero-order valence-corrected chi connectivity index (χ0v) is 11.9. The van der Waals surface area contributed by atoms with Crippen LogP contribution in [0.15, 0.2) is 36.5 Å². The summed E-state index contributed by atoms with van der Waals surface area (Å²) in [5, 5.41) is 4.38. The minimum absolute atomic E-state index is 0.614. The van der Waals surface area contributed by atoms with Crippen molar-refractivity contribution >= 4 is 28.2 Å². The van der Waals surface area contributed by atoms with Crippen LogP contribution in [0.5, 0.6) is 0 Å². The first-order valence-electron chi connectivity index (χ1n) is 6.61. The number of fused-ring (bicyclic) bond motifs is 1. The number of nitrogen functional groups attached to an aromatic ring is 1. The van der Waals surface area contributed by atoms with Crippen molar-refractivity contribution in [1.29, 1.82) is 0 Å². The number of nitrogens with zero attached hydrogens (tertiary/aromatic N) is 3. The van der Waals surface area contributed by atoms with Gasteiger partial charge in [0.1, 0.15) is 17.5 Å². The largest absolute Gasteiger partial charge is 0.339 e. The van der Waals surface area contributed by atoms with Crippen LogP contribution in [-0.4, -0.2) is 15.0 Å². The van der Waals surface area contributed by atoms with E-state index in [0.717, 1.165) is 28.0 Å². The third-order valence-corrected chi connectivity index (χ3v) is 3.29. The first-order valence-corrected chi connectivity index (χ1v) is 6.61. The van der Waals surface area contributed by atoms with E-state index in [-0.39, 0.29) is 0 Å². The molecule has 0 spiro atoms. The average molecular weight is 280 g/mol. The summed E-state index contributed by atoms with van der Waals surface area (Å²) in [6, 6.07) is 9.87. The monoisotopic (exact) mass is 280 g/mol. The molecule has 0 bridgehead atoms. The Morgan fingerprint density at radius 2 is 1.81 bits per heavy atom. The second kappa shape index (κ2) is 5.34. The molecule has 0 amide bonds. The quantitative estimate of drug-likeness (QED) is 0.505. The maximum Gasteiger partial charge on any atom is 0.148 e. The summed E-state index contributed by atoms with van der Waals surface area (Å²) in [5.41, 5.74) is 5.34. The number of nitrogens with one attached hydrogen (secondary N) is 2. The maximum absolute atomic E-state index is 5.49. The number of hydrogen-bond donors (Lipinski definition) is 3. The highest BCUT2D eigenvalue weighted by atomic mass is 15.3. The third-order valence-electron chi connectivity index (χ3n) is 3.29. The molecule has 0 atom stereocenters. The fourth-order valence-electron chi connectivity index (χ4n) is 2.23. The van der Waals surface area contributed by atoms with Gasteiger partial charge in [0.25, 0.3) is 0 Å². The van der Waals surface area contributed by atoms with Gasteiger partial charge >= 0.3 is 0 Å². The van der Waals surface area contributed by atoms with Gasteiger partial charge in [-0.15, -0.1) is 0 Å². The summed E-state index contributed by atoms with van der Waals surface area (Å²) in [4.78, 5) is 13.1. The van der Waals surface area contributed by atoms with Crippen molar-refractivity contribution in [3.05, 3.63) is 47.9 Å². The van der Waals surface area contributed by atoms with E-state index < -0.39 is 0 Å². The average Bonchev–Trinajstić information content (AvgIpc) is 2.51. The number of aromatic nitrogens is 3. The van der Waals surface area contributed by atoms with Crippen LogP contribution in [0.1, 0.15) is 11.4 Å². The molecule has 0 saturated heterocycles. The SMILES string of the molecule is Cc1nc(NN)c(C)c(Nc2cccc3ncccc23)n1. The van der Waals surface area contributed by atoms with Gasteiger partial charge in [-0.3, -0.25) is 4.98 Å². The zero-order chi connectivity index (χ0) is 14.8. The molecular formula is C15H16N6. The molecule has 6 heteroatoms. The number of nitrogens with two attached hydrogens (primary N) is 1. The molecule has 2 heterocycles. The molecule has 3 rings (SSSR count). The van der Waals surface area contributed by atoms with E-state index >= 15 is 0 Å². The Bertz CT molecular complexity index is 794. The molecule has 106 valence electrons. The standard InChI is InChI=1S/C15H16N6/c1-9-14(18-10(2)19-15(9)21-16)20-13-7-3-6-12-11(13)5-4-8-17-12/h3-8H,16H2,1-2H3,(H2,18,19,20,21). The van der Waals surface area contributed by atoms with Crippen LogP contribution in [-0.2, 0) is 0 Å². The van der Waals surface area contributed by atoms with Crippen LogP contribution < -0.4 is 16.6 Å². The number of rotatable bonds is 3. The van der Waals surface area contributed by atoms with Crippen molar-refractivity contribution in [2.75, 3.05) is 10.7 Å². The van der Waals surface area contributed by atoms with Gasteiger partial charge in [-0.05, 0) is 38.1 Å². The minimum atomic E-state index is 0.614. The molecule has 0 radical (unpaired) electrons. The second-order valence-electron chi connectivity index (χ2n) is 4.74. The Morgan fingerprint density at radius 3 is 2.62 bits per heavy atom. The van der Waals surface area contributed by atoms with Gasteiger partial charge < -0.3 is 10.7 Å². The Hall–Kier alpha value is -2.73. The minimum Gasteiger partial charge on any atom is -0.339 e. The van der Waals surface area contributed by atoms with Crippen LogP contribution in [0.4, 0.5) is 17.3 Å². The highest BCUT2D eigenvalue weighted by Gasteiger charge is 2.10. The molecule has 4 N–H and O–H groups in total. The van der Waals surface area contributed by atoms with Crippen LogP contribution in [0.2, 0.25) is 0 Å². The molecule has 21 heavy (non-hydrogen) atoms. The number of hydrazine groups is 1. The molecule has 0 aliphatic rings. The molecule has 0 saturated carbocycles. The van der Waals surface area contributed by atoms with Crippen LogP contribution in [0, 0.1) is 13.8 Å². The Kier molecular flexibility index (Phi) is 3.37. The number of anilines is 3. The number of aryl methyl sites for hydroxylation is 1. The Balaban J connectivity index is 2.09. The van der Waals surface area contributed by atoms with Gasteiger partial charge in [0.05, 0.1) is 5.52 Å². The predicted octanol–water partition coefficient (Wildman–Crippen LogP) is 2.67. The number of hydrogen-bond acceptors (Lipinski definition) is 6. The topological polar surface area (TPSA) is 88.8 Å². The van der Waals surface area contributed by atoms with Gasteiger partial charge in [-0.25, -0.2) is 15.8 Å². The predicted molar refractivity (Wildman–Crippen MR) is 84.3 cm³/mol. The molecule has 3 aromatic rings. The van der Waals surface area contributed by atoms with Crippen molar-refractivity contribution in [3.63, 3.8) is 0 Å². The van der Waals surface area contributed by atoms with Crippen LogP contribution in [0.25, 0.3) is 10.9 Å². The molecule has 1 aromatic carbocycles. The van der Waals surface area contributed by atoms with Crippen molar-refractivity contribution in [3.8, 4) is 0 Å². The summed E-state index contributed by atoms with van der Waals surface area (Å²) in [5.74, 6) is 7.48. The van der Waals surface area contributed by atoms with Crippen molar-refractivity contribution in [2.24, 2.45) is 5.84 Å². The third kappa shape index (κ3) is 2.48. The van der Waals surface area contributed by atoms with Crippen molar-refractivity contribution < 1.29 is 0 Å². The smallest absolute Gasteiger partial charge is 0.148 e. The van der Waals surface area contributed by atoms with Gasteiger partial charge in [-0.2, -0.15) is 0 Å². The van der Waals surface area contributed by atoms with E-state index in [9.17, 15) is 0 Å². The van der Waals surface area contributed by atoms with Gasteiger partial charge in [0.2, 0.25) is 0 Å². The summed E-state index contributed by atoms with van der Waals surface area (Å²) in [7, 11) is 0. The van der Waals surface area contributed by atoms with E-state index in [2.05, 4.69) is 25.7 Å². The summed E-state index contributed by atoms with van der Waals surface area (Å²) < 4.78 is 0. The molecular weight excluding hydrogens is 264 g/mol. The summed E-state index contributed by atoms with van der Waals surface area (Å²) >= 11 is 0. The zero-order valence-electron chi connectivity index (χ0n) is 11.9. The fraction of sp³-hybridized carbons (Fsp3) is 0.133. The van der Waals surface area contributed by atoms with E-state index in [1.807, 2.05) is 44.2 Å². The lowest BCUT2D eigenvalue weighted by Crippen LogP contribution is -2.13. The lowest BCUT2D eigenvalue weighted by molar-refractivity contribution is 1.03. The summed E-state index contributed by atoms with van der Waals surface area (Å²) in [6.45, 7) is 3.75. The Labute approximate surface area is 122 Å². The van der Waals surface area contributed by atoms with Gasteiger partial charge in [-0.1, -0.05) is 6.07 Å². The van der Waals surface area contributed by atoms with Crippen molar-refractivity contribution in [2.45, 2.75) is 13.8 Å². The lowest BCUT2D eigenvalue weighted by Gasteiger charge is -2.13. The van der Waals surface area contributed by atoms with E-state index in [4.69, 9.17) is 5.84 Å². The van der Waals surface area contributed by atoms with Gasteiger partial charge in [0, 0.05) is 22.8 Å². The Morgan fingerprint density at radius 1 is 1.00 bits per heavy atom. The van der Waals surface area contributed by atoms with E-state index in [1.54, 1.807) is 6.20 Å². The second-order valence-corrected chi connectivity index (χ2v) is 4.74. The molecule has 0 aliphatic carbocycles. The van der Waals surface area contributed by atoms with E-state index in [0.29, 0.717) is 11.6 Å². The van der Waals surface area contributed by atoms with Gasteiger partial charge in [0.15, 0.2) is 0 Å². The number of pyridine rings is 1. The number of benzene rings is 1. The first kappa shape index (κ1) is 13.3. The fourth-order valence-corrected chi connectivity index (χ4v) is 2.23.